The molecule has 0 saturated heterocycles. The second kappa shape index (κ2) is 5.85. The molecule has 1 amide bonds. The molecule has 2 unspecified atom stereocenters. The summed E-state index contributed by atoms with van der Waals surface area (Å²) in [4.78, 5) is 11.9. The van der Waals surface area contributed by atoms with Gasteiger partial charge in [-0.1, -0.05) is 18.8 Å². The monoisotopic (exact) mass is 261 g/mol. The number of hydrogen-bond acceptors (Lipinski definition) is 2. The highest BCUT2D eigenvalue weighted by Crippen LogP contribution is 2.38. The molecule has 100 valence electrons. The zero-order chi connectivity index (χ0) is 13.8. The second-order valence-electron chi connectivity index (χ2n) is 4.77. The normalized spacial score (nSPS) is 20.4. The van der Waals surface area contributed by atoms with Gasteiger partial charge in [0.25, 0.3) is 0 Å². The van der Waals surface area contributed by atoms with Gasteiger partial charge in [0, 0.05) is 12.3 Å². The van der Waals surface area contributed by atoms with Crippen LogP contribution in [0.3, 0.4) is 0 Å². The topological polar surface area (TPSA) is 49.3 Å². The zero-order valence-corrected chi connectivity index (χ0v) is 10.7. The Bertz CT molecular complexity index is 545. The highest BCUT2D eigenvalue weighted by molar-refractivity contribution is 5.95. The van der Waals surface area contributed by atoms with Gasteiger partial charge in [0.05, 0.1) is 17.9 Å². The smallest absolute Gasteiger partial charge is 0.227 e. The van der Waals surface area contributed by atoms with Crippen LogP contribution in [0.25, 0.3) is 0 Å². The van der Waals surface area contributed by atoms with Crippen LogP contribution in [0.4, 0.5) is 10.1 Å². The van der Waals surface area contributed by atoms with Crippen LogP contribution < -0.4 is 5.32 Å². The van der Waals surface area contributed by atoms with E-state index in [-0.39, 0.29) is 18.4 Å². The molecule has 1 aliphatic carbocycles. The Hall–Kier alpha value is -1.86. The molecule has 1 saturated carbocycles. The third kappa shape index (κ3) is 3.55. The Morgan fingerprint density at radius 1 is 1.58 bits per heavy atom. The van der Waals surface area contributed by atoms with Gasteiger partial charge in [0.2, 0.25) is 5.91 Å². The van der Waals surface area contributed by atoms with Crippen molar-refractivity contribution in [3.8, 4) is 11.8 Å². The van der Waals surface area contributed by atoms with Crippen molar-refractivity contribution in [3.63, 3.8) is 0 Å². The average Bonchev–Trinajstić information content (AvgIpc) is 3.10. The van der Waals surface area contributed by atoms with Crippen molar-refractivity contribution in [3.05, 3.63) is 29.6 Å². The van der Waals surface area contributed by atoms with Crippen molar-refractivity contribution in [2.75, 3.05) is 11.9 Å². The number of nitrogens with one attached hydrogen (secondary N) is 1. The summed E-state index contributed by atoms with van der Waals surface area (Å²) in [5, 5.41) is 11.5. The van der Waals surface area contributed by atoms with Gasteiger partial charge in [-0.3, -0.25) is 4.79 Å². The molecule has 2 rings (SSSR count). The molecular formula is C15H16FNO2. The lowest BCUT2D eigenvalue weighted by Gasteiger charge is -2.07. The summed E-state index contributed by atoms with van der Waals surface area (Å²) in [6, 6.07) is 4.10. The minimum Gasteiger partial charge on any atom is -0.395 e. The van der Waals surface area contributed by atoms with Gasteiger partial charge < -0.3 is 10.4 Å². The van der Waals surface area contributed by atoms with Gasteiger partial charge in [-0.25, -0.2) is 4.39 Å². The van der Waals surface area contributed by atoms with E-state index in [1.54, 1.807) is 0 Å². The molecule has 0 aromatic heterocycles. The largest absolute Gasteiger partial charge is 0.395 e. The third-order valence-corrected chi connectivity index (χ3v) is 3.15. The number of benzene rings is 1. The molecular weight excluding hydrogens is 245 g/mol. The van der Waals surface area contributed by atoms with Gasteiger partial charge >= 0.3 is 0 Å². The molecule has 2 N–H and O–H groups in total. The summed E-state index contributed by atoms with van der Waals surface area (Å²) in [6.45, 7) is 1.99. The Labute approximate surface area is 111 Å². The average molecular weight is 261 g/mol. The Balaban J connectivity index is 2.15. The lowest BCUT2D eigenvalue weighted by molar-refractivity contribution is -0.117. The van der Waals surface area contributed by atoms with Crippen molar-refractivity contribution < 1.29 is 14.3 Å². The Kier molecular flexibility index (Phi) is 4.18. The second-order valence-corrected chi connectivity index (χ2v) is 4.77. The number of carbonyl (C=O) groups is 1. The fraction of sp³-hybridized carbons (Fsp3) is 0.400. The summed E-state index contributed by atoms with van der Waals surface area (Å²) in [5.41, 5.74) is 0.964. The summed E-state index contributed by atoms with van der Waals surface area (Å²) >= 11 is 0. The molecule has 1 aliphatic rings. The Morgan fingerprint density at radius 3 is 2.95 bits per heavy atom. The summed E-state index contributed by atoms with van der Waals surface area (Å²) < 4.78 is 13.2. The summed E-state index contributed by atoms with van der Waals surface area (Å²) in [6.07, 6.45) is 1.22. The molecule has 1 fully saturated rings. The van der Waals surface area contributed by atoms with Crippen molar-refractivity contribution >= 4 is 11.6 Å². The predicted octanol–water partition coefficient (Wildman–Crippen LogP) is 2.15. The quantitative estimate of drug-likeness (QED) is 0.819. The predicted molar refractivity (Wildman–Crippen MR) is 70.9 cm³/mol. The number of rotatable bonds is 3. The molecule has 4 heteroatoms. The Morgan fingerprint density at radius 2 is 2.32 bits per heavy atom. The van der Waals surface area contributed by atoms with Crippen LogP contribution in [0.5, 0.6) is 0 Å². The highest BCUT2D eigenvalue weighted by Gasteiger charge is 2.39. The van der Waals surface area contributed by atoms with E-state index in [0.29, 0.717) is 23.6 Å². The van der Waals surface area contributed by atoms with Crippen LogP contribution in [-0.2, 0) is 4.79 Å². The van der Waals surface area contributed by atoms with E-state index in [2.05, 4.69) is 17.2 Å². The van der Waals surface area contributed by atoms with Gasteiger partial charge in [-0.15, -0.1) is 0 Å². The van der Waals surface area contributed by atoms with Crippen LogP contribution in [0.1, 0.15) is 25.3 Å². The molecule has 2 atom stereocenters. The molecule has 1 aromatic rings. The number of aliphatic hydroxyl groups excluding tert-OH is 1. The molecule has 0 radical (unpaired) electrons. The third-order valence-electron chi connectivity index (χ3n) is 3.15. The first-order valence-electron chi connectivity index (χ1n) is 6.32. The van der Waals surface area contributed by atoms with Crippen molar-refractivity contribution in [1.82, 2.24) is 0 Å². The zero-order valence-electron chi connectivity index (χ0n) is 10.7. The van der Waals surface area contributed by atoms with Gasteiger partial charge in [0.15, 0.2) is 0 Å². The first-order chi connectivity index (χ1) is 9.11. The summed E-state index contributed by atoms with van der Waals surface area (Å²) in [5.74, 6) is 5.54. The number of carbonyl (C=O) groups excluding carboxylic acids is 1. The molecule has 0 bridgehead atoms. The molecule has 0 spiro atoms. The SMILES string of the molecule is CC1CC1C(=O)Nc1ccc(F)cc1C#CCCO. The van der Waals surface area contributed by atoms with Crippen LogP contribution in [0, 0.1) is 29.5 Å². The lowest BCUT2D eigenvalue weighted by Crippen LogP contribution is -2.15. The van der Waals surface area contributed by atoms with Crippen LogP contribution in [-0.4, -0.2) is 17.6 Å². The highest BCUT2D eigenvalue weighted by atomic mass is 19.1. The van der Waals surface area contributed by atoms with Crippen molar-refractivity contribution in [2.24, 2.45) is 11.8 Å². The van der Waals surface area contributed by atoms with Gasteiger partial charge in [-0.2, -0.15) is 0 Å². The van der Waals surface area contributed by atoms with E-state index in [4.69, 9.17) is 5.11 Å². The standard InChI is InChI=1S/C15H16FNO2/c1-10-8-13(10)15(19)17-14-6-5-12(16)9-11(14)4-2-3-7-18/h5-6,9-10,13,18H,3,7-8H2,1H3,(H,17,19). The van der Waals surface area contributed by atoms with E-state index in [0.717, 1.165) is 6.42 Å². The number of hydrogen-bond donors (Lipinski definition) is 2. The lowest BCUT2D eigenvalue weighted by atomic mass is 10.1. The van der Waals surface area contributed by atoms with Crippen LogP contribution >= 0.6 is 0 Å². The van der Waals surface area contributed by atoms with E-state index < -0.39 is 5.82 Å². The molecule has 1 aromatic carbocycles. The molecule has 0 aliphatic heterocycles. The molecule has 0 heterocycles. The van der Waals surface area contributed by atoms with E-state index in [1.807, 2.05) is 6.92 Å². The number of anilines is 1. The molecule has 19 heavy (non-hydrogen) atoms. The van der Waals surface area contributed by atoms with Crippen LogP contribution in [0.15, 0.2) is 18.2 Å². The van der Waals surface area contributed by atoms with E-state index in [9.17, 15) is 9.18 Å². The van der Waals surface area contributed by atoms with E-state index in [1.165, 1.54) is 18.2 Å². The minimum absolute atomic E-state index is 0.0377. The van der Waals surface area contributed by atoms with Crippen molar-refractivity contribution in [2.45, 2.75) is 19.8 Å². The fourth-order valence-corrected chi connectivity index (χ4v) is 1.86. The van der Waals surface area contributed by atoms with E-state index >= 15 is 0 Å². The first kappa shape index (κ1) is 13.6. The maximum atomic E-state index is 13.2. The number of amides is 1. The fourth-order valence-electron chi connectivity index (χ4n) is 1.86. The minimum atomic E-state index is -0.397. The number of aliphatic hydroxyl groups is 1. The number of halogens is 1. The summed E-state index contributed by atoms with van der Waals surface area (Å²) in [7, 11) is 0. The maximum Gasteiger partial charge on any atom is 0.227 e. The van der Waals surface area contributed by atoms with Crippen LogP contribution in [0.2, 0.25) is 0 Å². The molecule has 3 nitrogen and oxygen atoms in total. The first-order valence-corrected chi connectivity index (χ1v) is 6.32. The van der Waals surface area contributed by atoms with Gasteiger partial charge in [-0.05, 0) is 30.5 Å². The van der Waals surface area contributed by atoms with Crippen molar-refractivity contribution in [1.29, 1.82) is 0 Å². The maximum absolute atomic E-state index is 13.2. The van der Waals surface area contributed by atoms with Gasteiger partial charge in [0.1, 0.15) is 5.82 Å².